The third-order valence-corrected chi connectivity index (χ3v) is 4.58. The lowest BCUT2D eigenvalue weighted by atomic mass is 10.0. The number of fused-ring (bicyclic) bond motifs is 1. The molecule has 0 radical (unpaired) electrons. The molecule has 1 amide bonds. The third-order valence-electron chi connectivity index (χ3n) is 4.26. The first-order valence-electron chi connectivity index (χ1n) is 7.71. The molecular weight excluding hydrogens is 331 g/mol. The minimum atomic E-state index is -0.865. The first-order valence-corrected chi connectivity index (χ1v) is 8.09. The fourth-order valence-corrected chi connectivity index (χ4v) is 3.15. The molecule has 6 heteroatoms. The fraction of sp³-hybridized carbons (Fsp3) is 0.278. The van der Waals surface area contributed by atoms with Gasteiger partial charge in [-0.15, -0.1) is 0 Å². The molecule has 0 aromatic heterocycles. The van der Waals surface area contributed by atoms with Crippen LogP contribution >= 0.6 is 11.6 Å². The Balaban J connectivity index is 1.68. The molecule has 1 aliphatic rings. The molecule has 3 rings (SSSR count). The van der Waals surface area contributed by atoms with Crippen LogP contribution in [0.4, 0.5) is 10.1 Å². The number of carbonyl (C=O) groups excluding carboxylic acids is 1. The molecule has 2 aromatic carbocycles. The number of rotatable bonds is 4. The van der Waals surface area contributed by atoms with Crippen molar-refractivity contribution in [1.29, 1.82) is 0 Å². The van der Waals surface area contributed by atoms with E-state index >= 15 is 0 Å². The number of likely N-dealkylation sites (N-methyl/N-ethyl adjacent to an activating group) is 1. The van der Waals surface area contributed by atoms with Crippen LogP contribution in [0.15, 0.2) is 36.4 Å². The van der Waals surface area contributed by atoms with E-state index in [4.69, 9.17) is 11.6 Å². The smallest absolute Gasteiger partial charge is 0.255 e. The van der Waals surface area contributed by atoms with Crippen LogP contribution in [0.3, 0.4) is 0 Å². The molecule has 126 valence electrons. The van der Waals surface area contributed by atoms with E-state index in [2.05, 4.69) is 10.2 Å². The summed E-state index contributed by atoms with van der Waals surface area (Å²) in [6, 6.07) is 9.82. The van der Waals surface area contributed by atoms with Crippen molar-refractivity contribution in [3.8, 4) is 0 Å². The van der Waals surface area contributed by atoms with Crippen molar-refractivity contribution in [2.75, 3.05) is 25.0 Å². The highest BCUT2D eigenvalue weighted by molar-refractivity contribution is 6.33. The molecule has 0 spiro atoms. The summed E-state index contributed by atoms with van der Waals surface area (Å²) in [5.74, 6) is -1.33. The van der Waals surface area contributed by atoms with Gasteiger partial charge in [0.1, 0.15) is 5.82 Å². The van der Waals surface area contributed by atoms with Gasteiger partial charge in [-0.25, -0.2) is 4.39 Å². The molecule has 0 fully saturated rings. The van der Waals surface area contributed by atoms with Gasteiger partial charge in [0.2, 0.25) is 0 Å². The van der Waals surface area contributed by atoms with Crippen molar-refractivity contribution in [3.63, 3.8) is 0 Å². The summed E-state index contributed by atoms with van der Waals surface area (Å²) in [5.41, 5.74) is 2.86. The Labute approximate surface area is 144 Å². The summed E-state index contributed by atoms with van der Waals surface area (Å²) in [4.78, 5) is 14.3. The average molecular weight is 349 g/mol. The Kier molecular flexibility index (Phi) is 4.73. The molecule has 0 unspecified atom stereocenters. The van der Waals surface area contributed by atoms with E-state index in [9.17, 15) is 14.3 Å². The lowest BCUT2D eigenvalue weighted by Crippen LogP contribution is -2.29. The van der Waals surface area contributed by atoms with Crippen LogP contribution in [-0.2, 0) is 6.42 Å². The van der Waals surface area contributed by atoms with E-state index in [1.807, 2.05) is 25.2 Å². The maximum atomic E-state index is 13.7. The maximum Gasteiger partial charge on any atom is 0.255 e. The van der Waals surface area contributed by atoms with E-state index in [-0.39, 0.29) is 17.1 Å². The summed E-state index contributed by atoms with van der Waals surface area (Å²) in [6.45, 7) is 0.940. The van der Waals surface area contributed by atoms with Gasteiger partial charge in [0.25, 0.3) is 5.91 Å². The SMILES string of the molecule is CN1CCc2cc([C@@H](O)CNC(=O)c3c(F)cccc3Cl)ccc21. The molecule has 0 bridgehead atoms. The summed E-state index contributed by atoms with van der Waals surface area (Å²) in [6.07, 6.45) is 0.0690. The maximum absolute atomic E-state index is 13.7. The number of aliphatic hydroxyl groups is 1. The summed E-state index contributed by atoms with van der Waals surface area (Å²) in [7, 11) is 2.03. The first-order chi connectivity index (χ1) is 11.5. The van der Waals surface area contributed by atoms with Crippen molar-refractivity contribution >= 4 is 23.2 Å². The normalized spacial score (nSPS) is 14.4. The van der Waals surface area contributed by atoms with Crippen LogP contribution in [0.25, 0.3) is 0 Å². The summed E-state index contributed by atoms with van der Waals surface area (Å²) < 4.78 is 13.7. The minimum Gasteiger partial charge on any atom is -0.387 e. The molecule has 0 saturated heterocycles. The zero-order valence-corrected chi connectivity index (χ0v) is 14.0. The van der Waals surface area contributed by atoms with E-state index in [1.165, 1.54) is 23.8 Å². The predicted octanol–water partition coefficient (Wildman–Crippen LogP) is 2.93. The van der Waals surface area contributed by atoms with Gasteiger partial charge in [0.05, 0.1) is 16.7 Å². The van der Waals surface area contributed by atoms with Gasteiger partial charge in [-0.1, -0.05) is 29.8 Å². The van der Waals surface area contributed by atoms with Gasteiger partial charge in [0, 0.05) is 25.8 Å². The van der Waals surface area contributed by atoms with E-state index in [0.717, 1.165) is 24.2 Å². The number of anilines is 1. The molecule has 4 nitrogen and oxygen atoms in total. The molecule has 1 heterocycles. The van der Waals surface area contributed by atoms with Crippen LogP contribution in [0.1, 0.15) is 27.6 Å². The second kappa shape index (κ2) is 6.79. The van der Waals surface area contributed by atoms with Crippen LogP contribution < -0.4 is 10.2 Å². The molecule has 2 aromatic rings. The number of hydrogen-bond donors (Lipinski definition) is 2. The van der Waals surface area contributed by atoms with Crippen molar-refractivity contribution in [3.05, 3.63) is 63.9 Å². The molecule has 0 saturated carbocycles. The Morgan fingerprint density at radius 2 is 2.21 bits per heavy atom. The lowest BCUT2D eigenvalue weighted by molar-refractivity contribution is 0.0912. The van der Waals surface area contributed by atoms with E-state index < -0.39 is 17.8 Å². The number of benzene rings is 2. The number of carbonyl (C=O) groups is 1. The number of amides is 1. The predicted molar refractivity (Wildman–Crippen MR) is 92.1 cm³/mol. The number of aliphatic hydroxyl groups excluding tert-OH is 1. The monoisotopic (exact) mass is 348 g/mol. The Morgan fingerprint density at radius 3 is 2.96 bits per heavy atom. The quantitative estimate of drug-likeness (QED) is 0.893. The number of hydrogen-bond acceptors (Lipinski definition) is 3. The standard InChI is InChI=1S/C18H18ClFN2O2/c1-22-8-7-11-9-12(5-6-15(11)22)16(23)10-21-18(24)17-13(19)3-2-4-14(17)20/h2-6,9,16,23H,7-8,10H2,1H3,(H,21,24)/t16-/m0/s1. The molecule has 2 N–H and O–H groups in total. The number of nitrogens with zero attached hydrogens (tertiary/aromatic N) is 1. The van der Waals surface area contributed by atoms with Crippen molar-refractivity contribution in [1.82, 2.24) is 5.32 Å². The summed E-state index contributed by atoms with van der Waals surface area (Å²) >= 11 is 5.87. The lowest BCUT2D eigenvalue weighted by Gasteiger charge is -2.16. The fourth-order valence-electron chi connectivity index (χ4n) is 2.90. The van der Waals surface area contributed by atoms with Gasteiger partial charge in [-0.3, -0.25) is 4.79 Å². The van der Waals surface area contributed by atoms with Crippen molar-refractivity contribution in [2.24, 2.45) is 0 Å². The highest BCUT2D eigenvalue weighted by Gasteiger charge is 2.20. The van der Waals surface area contributed by atoms with Gasteiger partial charge < -0.3 is 15.3 Å². The topological polar surface area (TPSA) is 52.6 Å². The van der Waals surface area contributed by atoms with Gasteiger partial charge in [-0.2, -0.15) is 0 Å². The minimum absolute atomic E-state index is 0.0158. The van der Waals surface area contributed by atoms with E-state index in [1.54, 1.807) is 0 Å². The second-order valence-electron chi connectivity index (χ2n) is 5.88. The van der Waals surface area contributed by atoms with Crippen LogP contribution in [0, 0.1) is 5.82 Å². The molecular formula is C18H18ClFN2O2. The van der Waals surface area contributed by atoms with Crippen LogP contribution in [-0.4, -0.2) is 31.2 Å². The Bertz CT molecular complexity index is 761. The molecule has 0 aliphatic carbocycles. The average Bonchev–Trinajstić information content (AvgIpc) is 2.93. The van der Waals surface area contributed by atoms with Crippen LogP contribution in [0.2, 0.25) is 5.02 Å². The first kappa shape index (κ1) is 16.7. The second-order valence-corrected chi connectivity index (χ2v) is 6.29. The number of nitrogens with one attached hydrogen (secondary N) is 1. The highest BCUT2D eigenvalue weighted by Crippen LogP contribution is 2.29. The van der Waals surface area contributed by atoms with E-state index in [0.29, 0.717) is 0 Å². The Hall–Kier alpha value is -2.11. The van der Waals surface area contributed by atoms with Crippen molar-refractivity contribution < 1.29 is 14.3 Å². The zero-order chi connectivity index (χ0) is 17.3. The van der Waals surface area contributed by atoms with Gasteiger partial charge >= 0.3 is 0 Å². The van der Waals surface area contributed by atoms with Gasteiger partial charge in [-0.05, 0) is 35.7 Å². The summed E-state index contributed by atoms with van der Waals surface area (Å²) in [5, 5.41) is 12.9. The molecule has 24 heavy (non-hydrogen) atoms. The Morgan fingerprint density at radius 1 is 1.42 bits per heavy atom. The highest BCUT2D eigenvalue weighted by atomic mass is 35.5. The molecule has 1 atom stereocenters. The molecule has 1 aliphatic heterocycles. The van der Waals surface area contributed by atoms with Crippen molar-refractivity contribution in [2.45, 2.75) is 12.5 Å². The number of halogens is 2. The largest absolute Gasteiger partial charge is 0.387 e. The van der Waals surface area contributed by atoms with Gasteiger partial charge in [0.15, 0.2) is 0 Å². The zero-order valence-electron chi connectivity index (χ0n) is 13.2. The third kappa shape index (κ3) is 3.23. The van der Waals surface area contributed by atoms with Crippen LogP contribution in [0.5, 0.6) is 0 Å².